The largest absolute Gasteiger partial charge is 0.334 e. The van der Waals surface area contributed by atoms with Gasteiger partial charge in [0.05, 0.1) is 21.7 Å². The number of para-hydroxylation sites is 1. The number of nitrogens with zero attached hydrogens (tertiary/aromatic N) is 1. The molecule has 1 aliphatic rings. The Morgan fingerprint density at radius 2 is 1.82 bits per heavy atom. The van der Waals surface area contributed by atoms with Crippen LogP contribution in [0.25, 0.3) is 21.5 Å². The summed E-state index contributed by atoms with van der Waals surface area (Å²) in [6, 6.07) is 13.0. The van der Waals surface area contributed by atoms with Crippen LogP contribution in [-0.4, -0.2) is 23.0 Å². The van der Waals surface area contributed by atoms with Crippen LogP contribution in [0.2, 0.25) is 0 Å². The smallest absolute Gasteiger partial charge is 0.333 e. The van der Waals surface area contributed by atoms with E-state index in [4.69, 9.17) is 0 Å². The van der Waals surface area contributed by atoms with Crippen molar-refractivity contribution in [1.29, 1.82) is 0 Å². The quantitative estimate of drug-likeness (QED) is 0.581. The molecule has 144 valence electrons. The Labute approximate surface area is 167 Å². The van der Waals surface area contributed by atoms with Crippen molar-refractivity contribution in [1.82, 2.24) is 21.2 Å². The van der Waals surface area contributed by atoms with E-state index in [1.807, 2.05) is 41.8 Å². The second-order valence-electron chi connectivity index (χ2n) is 6.94. The van der Waals surface area contributed by atoms with Crippen molar-refractivity contribution < 1.29 is 9.59 Å². The third kappa shape index (κ3) is 4.14. The van der Waals surface area contributed by atoms with E-state index in [2.05, 4.69) is 21.2 Å². The van der Waals surface area contributed by atoms with E-state index < -0.39 is 0 Å². The van der Waals surface area contributed by atoms with Crippen LogP contribution in [0, 0.1) is 0 Å². The van der Waals surface area contributed by atoms with Crippen LogP contribution >= 0.6 is 11.3 Å². The fourth-order valence-corrected chi connectivity index (χ4v) is 4.25. The third-order valence-electron chi connectivity index (χ3n) is 4.96. The Morgan fingerprint density at radius 1 is 1.00 bits per heavy atom. The summed E-state index contributed by atoms with van der Waals surface area (Å²) < 4.78 is 0. The van der Waals surface area contributed by atoms with E-state index in [1.54, 1.807) is 17.4 Å². The van der Waals surface area contributed by atoms with Gasteiger partial charge >= 0.3 is 6.03 Å². The van der Waals surface area contributed by atoms with Crippen LogP contribution in [0.3, 0.4) is 0 Å². The van der Waals surface area contributed by atoms with Gasteiger partial charge < -0.3 is 5.32 Å². The number of fused-ring (bicyclic) bond motifs is 1. The number of rotatable bonds is 3. The van der Waals surface area contributed by atoms with Gasteiger partial charge in [0, 0.05) is 11.4 Å². The molecule has 3 amide bonds. The molecule has 4 rings (SSSR count). The number of hydrogen-bond donors (Lipinski definition) is 3. The Kier molecular flexibility index (Phi) is 5.53. The molecule has 0 saturated heterocycles. The number of pyridine rings is 1. The van der Waals surface area contributed by atoms with Crippen molar-refractivity contribution in [3.63, 3.8) is 0 Å². The van der Waals surface area contributed by atoms with E-state index in [1.165, 1.54) is 6.42 Å². The summed E-state index contributed by atoms with van der Waals surface area (Å²) >= 11 is 1.57. The minimum Gasteiger partial charge on any atom is -0.334 e. The topological polar surface area (TPSA) is 83.1 Å². The highest BCUT2D eigenvalue weighted by Gasteiger charge is 2.17. The molecule has 0 radical (unpaired) electrons. The van der Waals surface area contributed by atoms with Gasteiger partial charge in [-0.3, -0.25) is 10.2 Å². The van der Waals surface area contributed by atoms with Crippen molar-refractivity contribution in [3.05, 3.63) is 53.4 Å². The van der Waals surface area contributed by atoms with Gasteiger partial charge in [0.2, 0.25) is 0 Å². The van der Waals surface area contributed by atoms with Gasteiger partial charge in [-0.15, -0.1) is 11.3 Å². The predicted octanol–water partition coefficient (Wildman–Crippen LogP) is 4.24. The first-order chi connectivity index (χ1) is 13.7. The molecule has 0 aliphatic heterocycles. The fourth-order valence-electron chi connectivity index (χ4n) is 3.56. The standard InChI is InChI=1S/C21H22N4O2S/c26-20(24-25-21(27)22-14-7-2-1-3-8-14)16-13-18(19-11-6-12-28-19)23-17-10-5-4-9-15(16)17/h4-6,9-14H,1-3,7-8H2,(H,24,26)(H2,22,25,27). The lowest BCUT2D eigenvalue weighted by Gasteiger charge is -2.22. The Morgan fingerprint density at radius 3 is 2.61 bits per heavy atom. The van der Waals surface area contributed by atoms with Crippen LogP contribution in [-0.2, 0) is 0 Å². The number of hydrogen-bond acceptors (Lipinski definition) is 4. The van der Waals surface area contributed by atoms with Crippen molar-refractivity contribution in [2.24, 2.45) is 0 Å². The van der Waals surface area contributed by atoms with E-state index in [9.17, 15) is 9.59 Å². The Balaban J connectivity index is 1.51. The zero-order valence-corrected chi connectivity index (χ0v) is 16.2. The van der Waals surface area contributed by atoms with Gasteiger partial charge in [0.25, 0.3) is 5.91 Å². The lowest BCUT2D eigenvalue weighted by molar-refractivity contribution is 0.0937. The predicted molar refractivity (Wildman–Crippen MR) is 111 cm³/mol. The maximum absolute atomic E-state index is 12.8. The number of hydrazine groups is 1. The monoisotopic (exact) mass is 394 g/mol. The highest BCUT2D eigenvalue weighted by molar-refractivity contribution is 7.13. The highest BCUT2D eigenvalue weighted by Crippen LogP contribution is 2.27. The molecule has 1 aromatic carbocycles. The van der Waals surface area contributed by atoms with E-state index in [-0.39, 0.29) is 18.0 Å². The SMILES string of the molecule is O=C(NNC(=O)c1cc(-c2cccs2)nc2ccccc12)NC1CCCCC1. The Bertz CT molecular complexity index is 981. The number of aromatic nitrogens is 1. The van der Waals surface area contributed by atoms with Crippen LogP contribution in [0.1, 0.15) is 42.5 Å². The van der Waals surface area contributed by atoms with Crippen LogP contribution in [0.4, 0.5) is 4.79 Å². The highest BCUT2D eigenvalue weighted by atomic mass is 32.1. The molecule has 0 atom stereocenters. The molecule has 1 saturated carbocycles. The molecule has 0 bridgehead atoms. The summed E-state index contributed by atoms with van der Waals surface area (Å²) in [7, 11) is 0. The summed E-state index contributed by atoms with van der Waals surface area (Å²) in [5.41, 5.74) is 6.97. The summed E-state index contributed by atoms with van der Waals surface area (Å²) in [6.45, 7) is 0. The van der Waals surface area contributed by atoms with Gasteiger partial charge in [-0.05, 0) is 36.4 Å². The first-order valence-electron chi connectivity index (χ1n) is 9.51. The second kappa shape index (κ2) is 8.39. The maximum Gasteiger partial charge on any atom is 0.333 e. The average Bonchev–Trinajstić information content (AvgIpc) is 3.27. The molecule has 0 spiro atoms. The van der Waals surface area contributed by atoms with Gasteiger partial charge in [-0.2, -0.15) is 0 Å². The molecular weight excluding hydrogens is 372 g/mol. The van der Waals surface area contributed by atoms with E-state index in [0.29, 0.717) is 5.56 Å². The lowest BCUT2D eigenvalue weighted by atomic mass is 9.96. The number of thiophene rings is 1. The second-order valence-corrected chi connectivity index (χ2v) is 7.88. The average molecular weight is 395 g/mol. The molecule has 3 N–H and O–H groups in total. The fraction of sp³-hybridized carbons (Fsp3) is 0.286. The number of urea groups is 1. The molecule has 1 aliphatic carbocycles. The van der Waals surface area contributed by atoms with Crippen LogP contribution in [0.15, 0.2) is 47.8 Å². The van der Waals surface area contributed by atoms with Gasteiger partial charge in [0.15, 0.2) is 0 Å². The third-order valence-corrected chi connectivity index (χ3v) is 5.86. The van der Waals surface area contributed by atoms with Crippen molar-refractivity contribution in [2.75, 3.05) is 0 Å². The molecule has 2 heterocycles. The van der Waals surface area contributed by atoms with Crippen LogP contribution < -0.4 is 16.2 Å². The number of carbonyl (C=O) groups excluding carboxylic acids is 2. The molecular formula is C21H22N4O2S. The molecule has 28 heavy (non-hydrogen) atoms. The van der Waals surface area contributed by atoms with Gasteiger partial charge in [0.1, 0.15) is 0 Å². The molecule has 3 aromatic rings. The van der Waals surface area contributed by atoms with E-state index >= 15 is 0 Å². The zero-order valence-electron chi connectivity index (χ0n) is 15.4. The van der Waals surface area contributed by atoms with Crippen molar-refractivity contribution in [2.45, 2.75) is 38.1 Å². The normalized spacial score (nSPS) is 14.6. The zero-order chi connectivity index (χ0) is 19.3. The molecule has 6 nitrogen and oxygen atoms in total. The minimum absolute atomic E-state index is 0.179. The van der Waals surface area contributed by atoms with Gasteiger partial charge in [-0.1, -0.05) is 43.5 Å². The molecule has 1 fully saturated rings. The summed E-state index contributed by atoms with van der Waals surface area (Å²) in [5.74, 6) is -0.366. The summed E-state index contributed by atoms with van der Waals surface area (Å²) in [6.07, 6.45) is 5.46. The molecule has 0 unspecified atom stereocenters. The number of nitrogens with one attached hydrogen (secondary N) is 3. The number of benzene rings is 1. The van der Waals surface area contributed by atoms with E-state index in [0.717, 1.165) is 47.2 Å². The molecule has 2 aromatic heterocycles. The first-order valence-corrected chi connectivity index (χ1v) is 10.4. The van der Waals surface area contributed by atoms with Crippen LogP contribution in [0.5, 0.6) is 0 Å². The van der Waals surface area contributed by atoms with Crippen molar-refractivity contribution in [3.8, 4) is 10.6 Å². The maximum atomic E-state index is 12.8. The van der Waals surface area contributed by atoms with Gasteiger partial charge in [-0.25, -0.2) is 15.2 Å². The molecule has 7 heteroatoms. The number of carbonyl (C=O) groups is 2. The lowest BCUT2D eigenvalue weighted by Crippen LogP contribution is -2.50. The first kappa shape index (κ1) is 18.4. The minimum atomic E-state index is -0.378. The summed E-state index contributed by atoms with van der Waals surface area (Å²) in [4.78, 5) is 30.6. The number of amides is 3. The Hall–Kier alpha value is -2.93. The van der Waals surface area contributed by atoms with Crippen molar-refractivity contribution >= 4 is 34.2 Å². The summed E-state index contributed by atoms with van der Waals surface area (Å²) in [5, 5.41) is 5.64.